The van der Waals surface area contributed by atoms with Crippen molar-refractivity contribution in [2.75, 3.05) is 26.4 Å². The second-order valence-corrected chi connectivity index (χ2v) is 13.7. The van der Waals surface area contributed by atoms with Crippen LogP contribution in [0, 0.1) is 0 Å². The second kappa shape index (κ2) is 25.4. The number of hydrogen-bond donors (Lipinski definition) is 0. The molecule has 0 aliphatic carbocycles. The summed E-state index contributed by atoms with van der Waals surface area (Å²) in [6, 6.07) is 6.92. The highest BCUT2D eigenvalue weighted by molar-refractivity contribution is 6.15. The fraction of sp³-hybridized carbons (Fsp3) is 0.591. The molecule has 0 saturated heterocycles. The molecule has 0 radical (unpaired) electrons. The number of carbonyl (C=O) groups is 4. The van der Waals surface area contributed by atoms with E-state index in [0.717, 1.165) is 69.8 Å². The Kier molecular flexibility index (Phi) is 20.7. The number of rotatable bonds is 24. The second-order valence-electron chi connectivity index (χ2n) is 13.7. The molecule has 0 N–H and O–H groups in total. The number of hydrogen-bond acceptors (Lipinski definition) is 12. The Morgan fingerprint density at radius 1 is 0.429 bits per heavy atom. The zero-order valence-electron chi connectivity index (χ0n) is 34.4. The summed E-state index contributed by atoms with van der Waals surface area (Å²) in [5, 5.41) is 1.00. The summed E-state index contributed by atoms with van der Waals surface area (Å²) in [5.74, 6) is -0.102. The van der Waals surface area contributed by atoms with Gasteiger partial charge in [-0.25, -0.2) is 19.2 Å². The van der Waals surface area contributed by atoms with E-state index < -0.39 is 24.6 Å². The van der Waals surface area contributed by atoms with Gasteiger partial charge in [0.05, 0.1) is 31.8 Å². The Morgan fingerprint density at radius 2 is 0.875 bits per heavy atom. The molecule has 3 aromatic carbocycles. The lowest BCUT2D eigenvalue weighted by atomic mass is 9.94. The summed E-state index contributed by atoms with van der Waals surface area (Å²) < 4.78 is 45.6. The van der Waals surface area contributed by atoms with Crippen LogP contribution in [-0.2, 0) is 31.8 Å². The Labute approximate surface area is 331 Å². The molecule has 56 heavy (non-hydrogen) atoms. The number of ether oxygens (including phenoxy) is 8. The smallest absolute Gasteiger partial charge is 0.434 e. The SMILES string of the molecule is CCCCCCOC(=O)Oc1cc2c(OC(=O)OCCCCC)c3cc(CC)ccc3c(OC(=O)OCCCCC)c2c(OC(=O)OCCCCCC)c1CC. The van der Waals surface area contributed by atoms with E-state index >= 15 is 0 Å². The van der Waals surface area contributed by atoms with Gasteiger partial charge >= 0.3 is 24.6 Å². The van der Waals surface area contributed by atoms with Gasteiger partial charge in [0, 0.05) is 21.7 Å². The van der Waals surface area contributed by atoms with Crippen molar-refractivity contribution in [2.45, 2.75) is 144 Å². The Bertz CT molecular complexity index is 1720. The first-order chi connectivity index (χ1) is 27.2. The predicted molar refractivity (Wildman–Crippen MR) is 215 cm³/mol. The van der Waals surface area contributed by atoms with Crippen molar-refractivity contribution in [1.29, 1.82) is 0 Å². The van der Waals surface area contributed by atoms with Gasteiger partial charge in [0.2, 0.25) is 0 Å². The molecule has 0 unspecified atom stereocenters. The molecule has 0 atom stereocenters. The van der Waals surface area contributed by atoms with E-state index in [4.69, 9.17) is 37.9 Å². The molecule has 0 aromatic heterocycles. The number of aryl methyl sites for hydroxylation is 1. The molecule has 3 rings (SSSR count). The lowest BCUT2D eigenvalue weighted by Crippen LogP contribution is -2.17. The predicted octanol–water partition coefficient (Wildman–Crippen LogP) is 12.7. The molecule has 0 spiro atoms. The van der Waals surface area contributed by atoms with Gasteiger partial charge in [-0.1, -0.05) is 118 Å². The van der Waals surface area contributed by atoms with E-state index in [1.807, 2.05) is 32.9 Å². The Hall–Kier alpha value is -4.74. The molecular formula is C44H62O12. The highest BCUT2D eigenvalue weighted by Gasteiger charge is 2.30. The van der Waals surface area contributed by atoms with Gasteiger partial charge in [0.15, 0.2) is 17.2 Å². The van der Waals surface area contributed by atoms with Gasteiger partial charge in [-0.3, -0.25) is 0 Å². The molecule has 0 fully saturated rings. The van der Waals surface area contributed by atoms with Crippen molar-refractivity contribution >= 4 is 46.2 Å². The maximum absolute atomic E-state index is 13.4. The zero-order chi connectivity index (χ0) is 40.7. The fourth-order valence-corrected chi connectivity index (χ4v) is 6.15. The van der Waals surface area contributed by atoms with E-state index in [1.165, 1.54) is 6.07 Å². The van der Waals surface area contributed by atoms with E-state index in [0.29, 0.717) is 42.9 Å². The molecular weight excluding hydrogens is 720 g/mol. The van der Waals surface area contributed by atoms with Crippen molar-refractivity contribution in [3.8, 4) is 23.0 Å². The Balaban J connectivity index is 2.33. The van der Waals surface area contributed by atoms with Gasteiger partial charge < -0.3 is 37.9 Å². The first-order valence-electron chi connectivity index (χ1n) is 20.7. The maximum Gasteiger partial charge on any atom is 0.513 e. The third-order valence-electron chi connectivity index (χ3n) is 9.27. The van der Waals surface area contributed by atoms with Gasteiger partial charge in [-0.05, 0) is 56.2 Å². The molecule has 0 bridgehead atoms. The molecule has 0 aliphatic heterocycles. The van der Waals surface area contributed by atoms with Crippen molar-refractivity contribution in [1.82, 2.24) is 0 Å². The average Bonchev–Trinajstić information content (AvgIpc) is 3.19. The van der Waals surface area contributed by atoms with E-state index in [2.05, 4.69) is 13.8 Å². The topological polar surface area (TPSA) is 142 Å². The van der Waals surface area contributed by atoms with Crippen LogP contribution >= 0.6 is 0 Å². The summed E-state index contributed by atoms with van der Waals surface area (Å²) >= 11 is 0. The monoisotopic (exact) mass is 782 g/mol. The van der Waals surface area contributed by atoms with E-state index in [1.54, 1.807) is 13.0 Å². The standard InChI is InChI=1S/C44H62O12/c1-7-13-17-21-27-49-41(45)53-36-30-35-37(39(32(36)12-6)55-43(47)52-28-22-18-14-8-2)40(56-44(48)51-26-20-16-10-4)33-24-23-31(11-5)29-34(33)38(35)54-42(46)50-25-19-15-9-3/h23-24,29-30H,7-22,25-28H2,1-6H3. The van der Waals surface area contributed by atoms with Crippen LogP contribution in [-0.4, -0.2) is 51.0 Å². The average molecular weight is 783 g/mol. The van der Waals surface area contributed by atoms with Crippen LogP contribution in [0.5, 0.6) is 23.0 Å². The third-order valence-corrected chi connectivity index (χ3v) is 9.27. The summed E-state index contributed by atoms with van der Waals surface area (Å²) in [4.78, 5) is 53.2. The Morgan fingerprint density at radius 3 is 1.36 bits per heavy atom. The van der Waals surface area contributed by atoms with Crippen molar-refractivity contribution in [3.63, 3.8) is 0 Å². The number of carbonyl (C=O) groups excluding carboxylic acids is 4. The highest BCUT2D eigenvalue weighted by Crippen LogP contribution is 2.51. The number of unbranched alkanes of at least 4 members (excludes halogenated alkanes) is 10. The van der Waals surface area contributed by atoms with Gasteiger partial charge in [-0.15, -0.1) is 0 Å². The van der Waals surface area contributed by atoms with Gasteiger partial charge in [0.1, 0.15) is 5.75 Å². The lowest BCUT2D eigenvalue weighted by Gasteiger charge is -2.22. The van der Waals surface area contributed by atoms with Gasteiger partial charge in [0.25, 0.3) is 0 Å². The largest absolute Gasteiger partial charge is 0.513 e. The van der Waals surface area contributed by atoms with Crippen LogP contribution in [0.1, 0.15) is 143 Å². The quantitative estimate of drug-likeness (QED) is 0.0280. The molecule has 0 amide bonds. The van der Waals surface area contributed by atoms with Crippen molar-refractivity contribution < 1.29 is 57.1 Å². The van der Waals surface area contributed by atoms with Crippen LogP contribution in [0.15, 0.2) is 24.3 Å². The minimum Gasteiger partial charge on any atom is -0.434 e. The normalized spacial score (nSPS) is 11.0. The van der Waals surface area contributed by atoms with Crippen LogP contribution in [0.3, 0.4) is 0 Å². The van der Waals surface area contributed by atoms with Crippen LogP contribution in [0.2, 0.25) is 0 Å². The lowest BCUT2D eigenvalue weighted by molar-refractivity contribution is 0.0944. The molecule has 0 heterocycles. The number of fused-ring (bicyclic) bond motifs is 2. The van der Waals surface area contributed by atoms with Crippen LogP contribution in [0.25, 0.3) is 21.5 Å². The molecule has 12 nitrogen and oxygen atoms in total. The summed E-state index contributed by atoms with van der Waals surface area (Å²) in [5.41, 5.74) is 1.17. The minimum atomic E-state index is -1.01. The van der Waals surface area contributed by atoms with Crippen LogP contribution in [0.4, 0.5) is 19.2 Å². The number of benzene rings is 3. The highest BCUT2D eigenvalue weighted by atomic mass is 16.7. The fourth-order valence-electron chi connectivity index (χ4n) is 6.15. The molecule has 0 aliphatic rings. The summed E-state index contributed by atoms with van der Waals surface area (Å²) in [7, 11) is 0. The molecule has 12 heteroatoms. The first kappa shape index (κ1) is 45.6. The first-order valence-corrected chi connectivity index (χ1v) is 20.7. The molecule has 0 saturated carbocycles. The zero-order valence-corrected chi connectivity index (χ0v) is 34.4. The van der Waals surface area contributed by atoms with Gasteiger partial charge in [-0.2, -0.15) is 0 Å². The summed E-state index contributed by atoms with van der Waals surface area (Å²) in [6.45, 7) is 12.6. The molecule has 310 valence electrons. The van der Waals surface area contributed by atoms with Crippen LogP contribution < -0.4 is 18.9 Å². The third kappa shape index (κ3) is 14.1. The maximum atomic E-state index is 13.4. The van der Waals surface area contributed by atoms with E-state index in [-0.39, 0.29) is 72.2 Å². The van der Waals surface area contributed by atoms with E-state index in [9.17, 15) is 19.2 Å². The van der Waals surface area contributed by atoms with Crippen molar-refractivity contribution in [3.05, 3.63) is 35.4 Å². The summed E-state index contributed by atoms with van der Waals surface area (Å²) in [6.07, 6.45) is 8.92. The molecule has 3 aromatic rings. The van der Waals surface area contributed by atoms with Crippen molar-refractivity contribution in [2.24, 2.45) is 0 Å². The minimum absolute atomic E-state index is 0.00713.